The molecular weight excluding hydrogens is 298 g/mol. The summed E-state index contributed by atoms with van der Waals surface area (Å²) in [6.07, 6.45) is 8.30. The van der Waals surface area contributed by atoms with E-state index >= 15 is 0 Å². The first-order chi connectivity index (χ1) is 11.9. The number of aromatic amines is 1. The summed E-state index contributed by atoms with van der Waals surface area (Å²) in [4.78, 5) is 16.3. The second kappa shape index (κ2) is 6.50. The monoisotopic (exact) mass is 315 g/mol. The van der Waals surface area contributed by atoms with E-state index in [1.54, 1.807) is 18.6 Å². The highest BCUT2D eigenvalue weighted by Crippen LogP contribution is 2.19. The van der Waals surface area contributed by atoms with E-state index < -0.39 is 0 Å². The second-order valence-corrected chi connectivity index (χ2v) is 5.54. The summed E-state index contributed by atoms with van der Waals surface area (Å²) < 4.78 is 0. The summed E-state index contributed by atoms with van der Waals surface area (Å²) in [6.45, 7) is 0.776. The Balaban J connectivity index is 1.45. The van der Waals surface area contributed by atoms with Crippen LogP contribution in [-0.2, 0) is 6.42 Å². The molecule has 0 fully saturated rings. The predicted octanol–water partition coefficient (Wildman–Crippen LogP) is 3.67. The number of para-hydroxylation sites is 1. The van der Waals surface area contributed by atoms with Crippen LogP contribution in [0.2, 0.25) is 0 Å². The number of benzene rings is 1. The van der Waals surface area contributed by atoms with Gasteiger partial charge in [-0.25, -0.2) is 9.97 Å². The van der Waals surface area contributed by atoms with Gasteiger partial charge in [0, 0.05) is 47.8 Å². The smallest absolute Gasteiger partial charge is 0.223 e. The summed E-state index contributed by atoms with van der Waals surface area (Å²) in [7, 11) is 0. The maximum Gasteiger partial charge on any atom is 0.223 e. The molecule has 0 saturated carbocycles. The number of hydrogen-bond donors (Lipinski definition) is 2. The van der Waals surface area contributed by atoms with Gasteiger partial charge in [0.1, 0.15) is 0 Å². The van der Waals surface area contributed by atoms with Crippen molar-refractivity contribution in [3.8, 4) is 11.3 Å². The number of H-pyrrole nitrogens is 1. The van der Waals surface area contributed by atoms with E-state index in [0.29, 0.717) is 5.95 Å². The number of fused-ring (bicyclic) bond motifs is 1. The number of aromatic nitrogens is 4. The molecule has 0 spiro atoms. The molecule has 3 heterocycles. The van der Waals surface area contributed by atoms with Crippen LogP contribution in [0.5, 0.6) is 0 Å². The van der Waals surface area contributed by atoms with Gasteiger partial charge in [0.15, 0.2) is 0 Å². The Morgan fingerprint density at radius 1 is 1.00 bits per heavy atom. The van der Waals surface area contributed by atoms with Crippen molar-refractivity contribution in [2.24, 2.45) is 0 Å². The summed E-state index contributed by atoms with van der Waals surface area (Å²) in [5.74, 6) is 0.635. The Morgan fingerprint density at radius 2 is 1.96 bits per heavy atom. The number of nitrogens with zero attached hydrogens (tertiary/aromatic N) is 3. The molecule has 0 bridgehead atoms. The normalized spacial score (nSPS) is 10.8. The van der Waals surface area contributed by atoms with Crippen LogP contribution < -0.4 is 5.32 Å². The first kappa shape index (κ1) is 14.4. The van der Waals surface area contributed by atoms with E-state index in [2.05, 4.69) is 49.6 Å². The van der Waals surface area contributed by atoms with Crippen LogP contribution in [0.4, 0.5) is 5.95 Å². The van der Waals surface area contributed by atoms with E-state index in [4.69, 9.17) is 0 Å². The highest BCUT2D eigenvalue weighted by molar-refractivity contribution is 5.83. The molecule has 0 aliphatic heterocycles. The quantitative estimate of drug-likeness (QED) is 0.589. The van der Waals surface area contributed by atoms with Crippen LogP contribution in [0, 0.1) is 0 Å². The fourth-order valence-corrected chi connectivity index (χ4v) is 2.77. The highest BCUT2D eigenvalue weighted by atomic mass is 15.1. The van der Waals surface area contributed by atoms with Gasteiger partial charge in [0.2, 0.25) is 5.95 Å². The van der Waals surface area contributed by atoms with Crippen LogP contribution in [0.15, 0.2) is 67.3 Å². The molecule has 118 valence electrons. The highest BCUT2D eigenvalue weighted by Gasteiger charge is 2.04. The SMILES string of the molecule is c1cncc(-c2ccnc(NCCc3c[nH]c4ccccc34)n2)c1. The van der Waals surface area contributed by atoms with Crippen molar-refractivity contribution in [1.82, 2.24) is 19.9 Å². The van der Waals surface area contributed by atoms with Crippen LogP contribution >= 0.6 is 0 Å². The fraction of sp³-hybridized carbons (Fsp3) is 0.105. The molecule has 5 heteroatoms. The molecule has 0 aliphatic rings. The maximum atomic E-state index is 4.55. The third-order valence-corrected chi connectivity index (χ3v) is 3.97. The molecule has 0 saturated heterocycles. The van der Waals surface area contributed by atoms with Crippen LogP contribution in [0.25, 0.3) is 22.2 Å². The molecule has 1 aromatic carbocycles. The molecule has 0 aliphatic carbocycles. The van der Waals surface area contributed by atoms with Gasteiger partial charge in [-0.15, -0.1) is 0 Å². The molecule has 3 aromatic heterocycles. The summed E-state index contributed by atoms with van der Waals surface area (Å²) in [5.41, 5.74) is 4.32. The molecule has 24 heavy (non-hydrogen) atoms. The number of anilines is 1. The Morgan fingerprint density at radius 3 is 2.88 bits per heavy atom. The van der Waals surface area contributed by atoms with Crippen LogP contribution in [0.3, 0.4) is 0 Å². The zero-order valence-corrected chi connectivity index (χ0v) is 13.1. The molecule has 0 amide bonds. The summed E-state index contributed by atoms with van der Waals surface area (Å²) in [5, 5.41) is 4.57. The molecular formula is C19H17N5. The van der Waals surface area contributed by atoms with Crippen molar-refractivity contribution in [3.63, 3.8) is 0 Å². The van der Waals surface area contributed by atoms with Crippen molar-refractivity contribution in [2.45, 2.75) is 6.42 Å². The molecule has 4 aromatic rings. The fourth-order valence-electron chi connectivity index (χ4n) is 2.77. The lowest BCUT2D eigenvalue weighted by molar-refractivity contribution is 0.991. The lowest BCUT2D eigenvalue weighted by Gasteiger charge is -2.06. The van der Waals surface area contributed by atoms with Gasteiger partial charge in [-0.1, -0.05) is 18.2 Å². The molecule has 2 N–H and O–H groups in total. The predicted molar refractivity (Wildman–Crippen MR) is 95.8 cm³/mol. The maximum absolute atomic E-state index is 4.55. The van der Waals surface area contributed by atoms with Crippen molar-refractivity contribution < 1.29 is 0 Å². The van der Waals surface area contributed by atoms with E-state index in [1.165, 1.54) is 16.5 Å². The van der Waals surface area contributed by atoms with Gasteiger partial charge >= 0.3 is 0 Å². The zero-order valence-electron chi connectivity index (χ0n) is 13.1. The zero-order chi connectivity index (χ0) is 16.2. The van der Waals surface area contributed by atoms with E-state index in [0.717, 1.165) is 24.2 Å². The van der Waals surface area contributed by atoms with Gasteiger partial charge in [-0.3, -0.25) is 4.98 Å². The summed E-state index contributed by atoms with van der Waals surface area (Å²) >= 11 is 0. The first-order valence-corrected chi connectivity index (χ1v) is 7.92. The number of nitrogens with one attached hydrogen (secondary N) is 2. The van der Waals surface area contributed by atoms with Gasteiger partial charge in [-0.05, 0) is 36.2 Å². The first-order valence-electron chi connectivity index (χ1n) is 7.92. The van der Waals surface area contributed by atoms with Crippen molar-refractivity contribution >= 4 is 16.9 Å². The Kier molecular flexibility index (Phi) is 3.90. The molecule has 0 atom stereocenters. The third kappa shape index (κ3) is 2.96. The van der Waals surface area contributed by atoms with E-state index in [-0.39, 0.29) is 0 Å². The molecule has 0 unspecified atom stereocenters. The topological polar surface area (TPSA) is 66.5 Å². The van der Waals surface area contributed by atoms with Gasteiger partial charge in [-0.2, -0.15) is 0 Å². The minimum atomic E-state index is 0.635. The Hall–Kier alpha value is -3.21. The van der Waals surface area contributed by atoms with Crippen molar-refractivity contribution in [2.75, 3.05) is 11.9 Å². The molecule has 4 rings (SSSR count). The molecule has 5 nitrogen and oxygen atoms in total. The van der Waals surface area contributed by atoms with E-state index in [9.17, 15) is 0 Å². The number of rotatable bonds is 5. The van der Waals surface area contributed by atoms with Crippen molar-refractivity contribution in [1.29, 1.82) is 0 Å². The lowest BCUT2D eigenvalue weighted by atomic mass is 10.1. The van der Waals surface area contributed by atoms with Gasteiger partial charge < -0.3 is 10.3 Å². The van der Waals surface area contributed by atoms with Crippen LogP contribution in [-0.4, -0.2) is 26.5 Å². The average Bonchev–Trinajstić information content (AvgIpc) is 3.06. The van der Waals surface area contributed by atoms with E-state index in [1.807, 2.05) is 24.3 Å². The Labute approximate surface area is 139 Å². The van der Waals surface area contributed by atoms with Crippen LogP contribution in [0.1, 0.15) is 5.56 Å². The summed E-state index contributed by atoms with van der Waals surface area (Å²) in [6, 6.07) is 14.1. The third-order valence-electron chi connectivity index (χ3n) is 3.97. The molecule has 0 radical (unpaired) electrons. The Bertz CT molecular complexity index is 946. The van der Waals surface area contributed by atoms with Gasteiger partial charge in [0.05, 0.1) is 5.69 Å². The standard InChI is InChI=1S/C19H17N5/c1-2-6-18-16(5-1)14(13-23-18)7-10-21-19-22-11-8-17(24-19)15-4-3-9-20-12-15/h1-6,8-9,11-13,23H,7,10H2,(H,21,22,24). The second-order valence-electron chi connectivity index (χ2n) is 5.54. The largest absolute Gasteiger partial charge is 0.361 e. The van der Waals surface area contributed by atoms with Crippen molar-refractivity contribution in [3.05, 3.63) is 72.8 Å². The number of hydrogen-bond acceptors (Lipinski definition) is 4. The number of pyridine rings is 1. The lowest BCUT2D eigenvalue weighted by Crippen LogP contribution is -2.08. The minimum Gasteiger partial charge on any atom is -0.361 e. The minimum absolute atomic E-state index is 0.635. The average molecular weight is 315 g/mol. The van der Waals surface area contributed by atoms with Gasteiger partial charge in [0.25, 0.3) is 0 Å².